The van der Waals surface area contributed by atoms with E-state index in [0.29, 0.717) is 5.82 Å². The van der Waals surface area contributed by atoms with Gasteiger partial charge in [0.25, 0.3) is 0 Å². The van der Waals surface area contributed by atoms with E-state index < -0.39 is 0 Å². The molecule has 0 saturated carbocycles. The van der Waals surface area contributed by atoms with Gasteiger partial charge in [-0.1, -0.05) is 17.3 Å². The number of hydrogen-bond donors (Lipinski definition) is 1. The van der Waals surface area contributed by atoms with Crippen LogP contribution in [-0.2, 0) is 0 Å². The standard InChI is InChI=1S/C12H9N3O/c1-2-6-11-10(5-1)12(15-16-11)14-9-4-3-7-13-8-9/h1-8H,(H,14,15). The van der Waals surface area contributed by atoms with Crippen molar-refractivity contribution in [1.29, 1.82) is 0 Å². The molecule has 78 valence electrons. The number of para-hydroxylation sites is 1. The molecule has 1 N–H and O–H groups in total. The molecule has 4 nitrogen and oxygen atoms in total. The Balaban J connectivity index is 2.01. The van der Waals surface area contributed by atoms with Gasteiger partial charge in [-0.25, -0.2) is 0 Å². The molecule has 0 spiro atoms. The first-order valence-corrected chi connectivity index (χ1v) is 4.95. The topological polar surface area (TPSA) is 51.0 Å². The summed E-state index contributed by atoms with van der Waals surface area (Å²) in [5.74, 6) is 0.712. The summed E-state index contributed by atoms with van der Waals surface area (Å²) < 4.78 is 5.19. The molecule has 0 radical (unpaired) electrons. The second-order valence-electron chi connectivity index (χ2n) is 3.39. The predicted octanol–water partition coefficient (Wildman–Crippen LogP) is 2.97. The van der Waals surface area contributed by atoms with Crippen molar-refractivity contribution in [3.63, 3.8) is 0 Å². The summed E-state index contributed by atoms with van der Waals surface area (Å²) in [7, 11) is 0. The highest BCUT2D eigenvalue weighted by Crippen LogP contribution is 2.24. The fourth-order valence-corrected chi connectivity index (χ4v) is 1.55. The average Bonchev–Trinajstić information content (AvgIpc) is 2.74. The van der Waals surface area contributed by atoms with Crippen LogP contribution in [-0.4, -0.2) is 10.1 Å². The van der Waals surface area contributed by atoms with Gasteiger partial charge in [0.05, 0.1) is 17.3 Å². The molecule has 0 atom stereocenters. The van der Waals surface area contributed by atoms with E-state index >= 15 is 0 Å². The van der Waals surface area contributed by atoms with Crippen LogP contribution in [0.15, 0.2) is 53.3 Å². The molecule has 3 rings (SSSR count). The SMILES string of the molecule is c1cncc(Nc2noc3ccccc23)c1. The quantitative estimate of drug-likeness (QED) is 0.708. The number of nitrogens with one attached hydrogen (secondary N) is 1. The number of hydrogen-bond acceptors (Lipinski definition) is 4. The fourth-order valence-electron chi connectivity index (χ4n) is 1.55. The Labute approximate surface area is 91.9 Å². The minimum atomic E-state index is 0.712. The molecule has 4 heteroatoms. The Morgan fingerprint density at radius 3 is 2.88 bits per heavy atom. The molecule has 0 unspecified atom stereocenters. The Bertz CT molecular complexity index is 604. The lowest BCUT2D eigenvalue weighted by molar-refractivity contribution is 0.460. The number of nitrogens with zero attached hydrogens (tertiary/aromatic N) is 2. The van der Waals surface area contributed by atoms with Crippen LogP contribution in [0, 0.1) is 0 Å². The van der Waals surface area contributed by atoms with Crippen LogP contribution >= 0.6 is 0 Å². The minimum Gasteiger partial charge on any atom is -0.354 e. The van der Waals surface area contributed by atoms with Crippen LogP contribution < -0.4 is 5.32 Å². The molecular formula is C12H9N3O. The lowest BCUT2D eigenvalue weighted by Gasteiger charge is -2.00. The number of benzene rings is 1. The molecule has 0 aliphatic rings. The fraction of sp³-hybridized carbons (Fsp3) is 0. The second kappa shape index (κ2) is 3.66. The van der Waals surface area contributed by atoms with E-state index in [-0.39, 0.29) is 0 Å². The summed E-state index contributed by atoms with van der Waals surface area (Å²) in [5.41, 5.74) is 1.66. The molecule has 16 heavy (non-hydrogen) atoms. The lowest BCUT2D eigenvalue weighted by Crippen LogP contribution is -1.90. The first kappa shape index (κ1) is 8.91. The number of pyridine rings is 1. The van der Waals surface area contributed by atoms with E-state index in [9.17, 15) is 0 Å². The van der Waals surface area contributed by atoms with E-state index in [4.69, 9.17) is 4.52 Å². The van der Waals surface area contributed by atoms with Gasteiger partial charge in [0, 0.05) is 6.20 Å². The maximum atomic E-state index is 5.19. The van der Waals surface area contributed by atoms with Crippen LogP contribution in [0.2, 0.25) is 0 Å². The minimum absolute atomic E-state index is 0.712. The van der Waals surface area contributed by atoms with Gasteiger partial charge in [-0.15, -0.1) is 0 Å². The summed E-state index contributed by atoms with van der Waals surface area (Å²) in [5, 5.41) is 8.10. The zero-order valence-corrected chi connectivity index (χ0v) is 8.42. The highest BCUT2D eigenvalue weighted by Gasteiger charge is 2.06. The Morgan fingerprint density at radius 1 is 1.06 bits per heavy atom. The summed E-state index contributed by atoms with van der Waals surface area (Å²) in [4.78, 5) is 4.02. The van der Waals surface area contributed by atoms with Gasteiger partial charge in [-0.2, -0.15) is 0 Å². The number of rotatable bonds is 2. The first-order valence-electron chi connectivity index (χ1n) is 4.95. The van der Waals surface area contributed by atoms with Gasteiger partial charge in [0.15, 0.2) is 11.4 Å². The molecule has 0 amide bonds. The van der Waals surface area contributed by atoms with E-state index in [0.717, 1.165) is 16.7 Å². The molecule has 2 aromatic heterocycles. The third kappa shape index (κ3) is 1.50. The second-order valence-corrected chi connectivity index (χ2v) is 3.39. The van der Waals surface area contributed by atoms with Crippen molar-refractivity contribution in [1.82, 2.24) is 10.1 Å². The van der Waals surface area contributed by atoms with E-state index in [2.05, 4.69) is 15.5 Å². The Kier molecular flexibility index (Phi) is 2.04. The molecule has 0 bridgehead atoms. The van der Waals surface area contributed by atoms with Crippen molar-refractivity contribution < 1.29 is 4.52 Å². The van der Waals surface area contributed by atoms with E-state index in [1.165, 1.54) is 0 Å². The molecule has 0 fully saturated rings. The Morgan fingerprint density at radius 2 is 2.00 bits per heavy atom. The van der Waals surface area contributed by atoms with Crippen LogP contribution in [0.5, 0.6) is 0 Å². The molecule has 0 saturated heterocycles. The maximum absolute atomic E-state index is 5.19. The zero-order valence-electron chi connectivity index (χ0n) is 8.42. The summed E-state index contributed by atoms with van der Waals surface area (Å²) >= 11 is 0. The predicted molar refractivity (Wildman–Crippen MR) is 61.5 cm³/mol. The van der Waals surface area contributed by atoms with Gasteiger partial charge in [-0.05, 0) is 24.3 Å². The summed E-state index contributed by atoms with van der Waals surface area (Å²) in [6.45, 7) is 0. The molecule has 0 aliphatic carbocycles. The monoisotopic (exact) mass is 211 g/mol. The number of anilines is 2. The molecule has 1 aromatic carbocycles. The third-order valence-corrected chi connectivity index (χ3v) is 2.30. The maximum Gasteiger partial charge on any atom is 0.181 e. The van der Waals surface area contributed by atoms with Crippen molar-refractivity contribution >= 4 is 22.5 Å². The third-order valence-electron chi connectivity index (χ3n) is 2.30. The molecule has 0 aliphatic heterocycles. The van der Waals surface area contributed by atoms with Gasteiger partial charge < -0.3 is 9.84 Å². The van der Waals surface area contributed by atoms with Gasteiger partial charge in [0.2, 0.25) is 0 Å². The number of aromatic nitrogens is 2. The Hall–Kier alpha value is -2.36. The summed E-state index contributed by atoms with van der Waals surface area (Å²) in [6, 6.07) is 11.5. The zero-order chi connectivity index (χ0) is 10.8. The normalized spacial score (nSPS) is 10.5. The smallest absolute Gasteiger partial charge is 0.181 e. The van der Waals surface area contributed by atoms with Gasteiger partial charge in [-0.3, -0.25) is 4.98 Å². The van der Waals surface area contributed by atoms with Crippen molar-refractivity contribution in [2.45, 2.75) is 0 Å². The molecule has 3 aromatic rings. The molecular weight excluding hydrogens is 202 g/mol. The largest absolute Gasteiger partial charge is 0.354 e. The van der Waals surface area contributed by atoms with E-state index in [1.54, 1.807) is 12.4 Å². The molecule has 2 heterocycles. The highest BCUT2D eigenvalue weighted by atomic mass is 16.5. The average molecular weight is 211 g/mol. The van der Waals surface area contributed by atoms with Crippen LogP contribution in [0.3, 0.4) is 0 Å². The van der Waals surface area contributed by atoms with Crippen molar-refractivity contribution in [3.05, 3.63) is 48.8 Å². The highest BCUT2D eigenvalue weighted by molar-refractivity contribution is 5.89. The van der Waals surface area contributed by atoms with Crippen molar-refractivity contribution in [3.8, 4) is 0 Å². The summed E-state index contributed by atoms with van der Waals surface area (Å²) in [6.07, 6.45) is 3.47. The van der Waals surface area contributed by atoms with Gasteiger partial charge >= 0.3 is 0 Å². The van der Waals surface area contributed by atoms with E-state index in [1.807, 2.05) is 36.4 Å². The van der Waals surface area contributed by atoms with Crippen LogP contribution in [0.1, 0.15) is 0 Å². The first-order chi connectivity index (χ1) is 7.93. The lowest BCUT2D eigenvalue weighted by atomic mass is 10.2. The van der Waals surface area contributed by atoms with Crippen LogP contribution in [0.4, 0.5) is 11.5 Å². The van der Waals surface area contributed by atoms with Crippen LogP contribution in [0.25, 0.3) is 11.0 Å². The van der Waals surface area contributed by atoms with Gasteiger partial charge in [0.1, 0.15) is 0 Å². The number of fused-ring (bicyclic) bond motifs is 1. The van der Waals surface area contributed by atoms with Crippen molar-refractivity contribution in [2.24, 2.45) is 0 Å². The van der Waals surface area contributed by atoms with Crippen molar-refractivity contribution in [2.75, 3.05) is 5.32 Å².